The van der Waals surface area contributed by atoms with Crippen LogP contribution in [0.25, 0.3) is 0 Å². The van der Waals surface area contributed by atoms with Gasteiger partial charge in [-0.2, -0.15) is 0 Å². The molecule has 0 aromatic carbocycles. The molecule has 0 saturated carbocycles. The Hall–Kier alpha value is -1.85. The molecule has 22 heavy (non-hydrogen) atoms. The van der Waals surface area contributed by atoms with E-state index >= 15 is 0 Å². The molecule has 1 unspecified atom stereocenters. The average Bonchev–Trinajstić information content (AvgIpc) is 2.83. The summed E-state index contributed by atoms with van der Waals surface area (Å²) >= 11 is 0. The molecule has 1 aliphatic heterocycles. The zero-order valence-electron chi connectivity index (χ0n) is 14.0. The van der Waals surface area contributed by atoms with Gasteiger partial charge in [-0.05, 0) is 18.9 Å². The van der Waals surface area contributed by atoms with Crippen LogP contribution in [0.4, 0.5) is 4.79 Å². The fraction of sp³-hybridized carbons (Fsp3) is 0.688. The first-order valence-electron chi connectivity index (χ1n) is 7.90. The van der Waals surface area contributed by atoms with Crippen molar-refractivity contribution in [3.8, 4) is 0 Å². The highest BCUT2D eigenvalue weighted by molar-refractivity contribution is 6.01. The third-order valence-corrected chi connectivity index (χ3v) is 2.91. The summed E-state index contributed by atoms with van der Waals surface area (Å²) in [6, 6.07) is 0. The lowest BCUT2D eigenvalue weighted by Gasteiger charge is -2.15. The molecule has 6 heteroatoms. The van der Waals surface area contributed by atoms with E-state index in [-0.39, 0.29) is 12.8 Å². The zero-order chi connectivity index (χ0) is 17.0. The molecule has 1 rings (SSSR count). The summed E-state index contributed by atoms with van der Waals surface area (Å²) < 4.78 is 4.97. The monoisotopic (exact) mass is 313 g/mol. The van der Waals surface area contributed by atoms with Crippen molar-refractivity contribution < 1.29 is 24.0 Å². The third-order valence-electron chi connectivity index (χ3n) is 2.91. The van der Waals surface area contributed by atoms with Crippen molar-refractivity contribution in [2.24, 2.45) is 0 Å². The topological polar surface area (TPSA) is 72.9 Å². The summed E-state index contributed by atoms with van der Waals surface area (Å²) in [6.45, 7) is 8.17. The lowest BCUT2D eigenvalue weighted by Crippen LogP contribution is -2.33. The number of ether oxygens (including phenoxy) is 1. The van der Waals surface area contributed by atoms with Crippen LogP contribution in [0.15, 0.2) is 12.2 Å². The van der Waals surface area contributed by atoms with E-state index in [2.05, 4.69) is 18.7 Å². The first kappa shape index (κ1) is 20.1. The molecule has 0 bridgehead atoms. The van der Waals surface area contributed by atoms with Crippen molar-refractivity contribution in [3.63, 3.8) is 0 Å². The zero-order valence-corrected chi connectivity index (χ0v) is 14.0. The fourth-order valence-corrected chi connectivity index (χ4v) is 1.42. The Morgan fingerprint density at radius 1 is 1.14 bits per heavy atom. The van der Waals surface area contributed by atoms with Crippen LogP contribution in [0.3, 0.4) is 0 Å². The minimum atomic E-state index is -1.04. The highest BCUT2D eigenvalue weighted by Crippen LogP contribution is 2.13. The molecule has 0 aromatic rings. The maximum Gasteiger partial charge on any atom is 0.534 e. The molecule has 0 aromatic heterocycles. The Balaban J connectivity index is 0.000000980. The van der Waals surface area contributed by atoms with E-state index in [0.29, 0.717) is 11.5 Å². The van der Waals surface area contributed by atoms with Gasteiger partial charge in [0.15, 0.2) is 0 Å². The van der Waals surface area contributed by atoms with Crippen LogP contribution >= 0.6 is 0 Å². The van der Waals surface area contributed by atoms with Gasteiger partial charge in [0.1, 0.15) is 6.10 Å². The third kappa shape index (κ3) is 7.81. The summed E-state index contributed by atoms with van der Waals surface area (Å²) in [5.41, 5.74) is 0. The quantitative estimate of drug-likeness (QED) is 0.424. The lowest BCUT2D eigenvalue weighted by atomic mass is 10.2. The molecule has 1 atom stereocenters. The van der Waals surface area contributed by atoms with Crippen LogP contribution in [-0.4, -0.2) is 29.1 Å². The summed E-state index contributed by atoms with van der Waals surface area (Å²) in [6.07, 6.45) is 6.36. The predicted octanol–water partition coefficient (Wildman–Crippen LogP) is 3.75. The number of carbonyl (C=O) groups excluding carboxylic acids is 3. The van der Waals surface area contributed by atoms with Gasteiger partial charge in [0.05, 0.1) is 0 Å². The van der Waals surface area contributed by atoms with Crippen LogP contribution in [-0.2, 0) is 19.2 Å². The van der Waals surface area contributed by atoms with Gasteiger partial charge in [0.25, 0.3) is 11.8 Å². The van der Waals surface area contributed by atoms with Gasteiger partial charge < -0.3 is 4.74 Å². The molecule has 0 aliphatic carbocycles. The van der Waals surface area contributed by atoms with Crippen molar-refractivity contribution in [2.75, 3.05) is 0 Å². The van der Waals surface area contributed by atoms with Crippen LogP contribution in [0, 0.1) is 0 Å². The van der Waals surface area contributed by atoms with Crippen molar-refractivity contribution >= 4 is 18.0 Å². The molecule has 1 aliphatic rings. The molecule has 2 amide bonds. The number of unbranched alkanes of at least 4 members (excludes halogenated alkanes) is 1. The Labute approximate surface area is 132 Å². The van der Waals surface area contributed by atoms with Gasteiger partial charge in [0, 0.05) is 12.8 Å². The van der Waals surface area contributed by atoms with Gasteiger partial charge in [-0.25, -0.2) is 4.79 Å². The van der Waals surface area contributed by atoms with E-state index in [4.69, 9.17) is 4.74 Å². The van der Waals surface area contributed by atoms with Crippen molar-refractivity contribution in [1.82, 2.24) is 5.06 Å². The predicted molar refractivity (Wildman–Crippen MR) is 82.7 cm³/mol. The van der Waals surface area contributed by atoms with E-state index < -0.39 is 24.1 Å². The van der Waals surface area contributed by atoms with Gasteiger partial charge in [-0.3, -0.25) is 14.4 Å². The number of imide groups is 1. The number of hydrogen-bond donors (Lipinski definition) is 0. The largest absolute Gasteiger partial charge is 0.534 e. The second-order valence-electron chi connectivity index (χ2n) is 4.82. The maximum atomic E-state index is 11.4. The number of rotatable bonds is 6. The van der Waals surface area contributed by atoms with E-state index in [1.807, 2.05) is 19.9 Å². The number of carbonyl (C=O) groups is 3. The Morgan fingerprint density at radius 2 is 1.68 bits per heavy atom. The molecule has 1 fully saturated rings. The second kappa shape index (κ2) is 11.8. The molecule has 0 spiro atoms. The standard InChI is InChI=1S/C12H17NO5.C4H10/c1-3-5-6-9(4-2)17-12(16)18-13-10(14)7-8-11(13)15;1-3-4-2/h5-6,9H,3-4,7-8H2,1-2H3;3-4H2,1-2H3/b6-5+;. The summed E-state index contributed by atoms with van der Waals surface area (Å²) in [7, 11) is 0. The normalized spacial score (nSPS) is 15.5. The van der Waals surface area contributed by atoms with Crippen LogP contribution < -0.4 is 0 Å². The van der Waals surface area contributed by atoms with Crippen molar-refractivity contribution in [3.05, 3.63) is 12.2 Å². The molecule has 1 saturated heterocycles. The lowest BCUT2D eigenvalue weighted by molar-refractivity contribution is -0.178. The van der Waals surface area contributed by atoms with E-state index in [9.17, 15) is 14.4 Å². The van der Waals surface area contributed by atoms with E-state index in [0.717, 1.165) is 6.42 Å². The summed E-state index contributed by atoms with van der Waals surface area (Å²) in [5.74, 6) is -1.04. The first-order chi connectivity index (χ1) is 10.5. The molecule has 126 valence electrons. The van der Waals surface area contributed by atoms with E-state index in [1.165, 1.54) is 12.8 Å². The SMILES string of the molecule is CC/C=C/C(CC)OC(=O)ON1C(=O)CCC1=O.CCCC. The van der Waals surface area contributed by atoms with Crippen LogP contribution in [0.1, 0.15) is 66.2 Å². The first-order valence-corrected chi connectivity index (χ1v) is 7.90. The van der Waals surface area contributed by atoms with Crippen LogP contribution in [0.2, 0.25) is 0 Å². The molecule has 6 nitrogen and oxygen atoms in total. The molecular formula is C16H27NO5. The number of hydrogen-bond acceptors (Lipinski definition) is 5. The number of amides is 2. The van der Waals surface area contributed by atoms with Gasteiger partial charge in [-0.1, -0.05) is 51.7 Å². The van der Waals surface area contributed by atoms with Gasteiger partial charge >= 0.3 is 6.16 Å². The van der Waals surface area contributed by atoms with Crippen LogP contribution in [0.5, 0.6) is 0 Å². The van der Waals surface area contributed by atoms with Gasteiger partial charge in [-0.15, -0.1) is 0 Å². The van der Waals surface area contributed by atoms with Gasteiger partial charge in [0.2, 0.25) is 0 Å². The molecular weight excluding hydrogens is 286 g/mol. The average molecular weight is 313 g/mol. The Kier molecular flexibility index (Phi) is 10.8. The van der Waals surface area contributed by atoms with E-state index in [1.54, 1.807) is 6.08 Å². The Bertz CT molecular complexity index is 374. The smallest absolute Gasteiger partial charge is 0.425 e. The highest BCUT2D eigenvalue weighted by atomic mass is 16.8. The number of nitrogens with zero attached hydrogens (tertiary/aromatic N) is 1. The summed E-state index contributed by atoms with van der Waals surface area (Å²) in [4.78, 5) is 38.4. The minimum absolute atomic E-state index is 0.0685. The maximum absolute atomic E-state index is 11.4. The molecule has 1 heterocycles. The Morgan fingerprint density at radius 3 is 2.09 bits per heavy atom. The summed E-state index contributed by atoms with van der Waals surface area (Å²) in [5, 5.41) is 0.471. The van der Waals surface area contributed by atoms with Crippen molar-refractivity contribution in [2.45, 2.75) is 72.3 Å². The second-order valence-corrected chi connectivity index (χ2v) is 4.82. The molecule has 0 N–H and O–H groups in total. The fourth-order valence-electron chi connectivity index (χ4n) is 1.42. The highest BCUT2D eigenvalue weighted by Gasteiger charge is 2.33. The number of hydroxylamine groups is 2. The van der Waals surface area contributed by atoms with Crippen molar-refractivity contribution in [1.29, 1.82) is 0 Å². The molecule has 0 radical (unpaired) electrons. The minimum Gasteiger partial charge on any atom is -0.425 e. The number of allylic oxidation sites excluding steroid dienone is 1.